The highest BCUT2D eigenvalue weighted by atomic mass is 16.5. The minimum Gasteiger partial charge on any atom is -0.338 e. The van der Waals surface area contributed by atoms with E-state index in [0.717, 1.165) is 5.56 Å². The third-order valence-electron chi connectivity index (χ3n) is 1.58. The zero-order valence-corrected chi connectivity index (χ0v) is 6.84. The second kappa shape index (κ2) is 3.32. The molecular formula is C8H8N4O. The van der Waals surface area contributed by atoms with Gasteiger partial charge in [0.15, 0.2) is 0 Å². The smallest absolute Gasteiger partial charge is 0.240 e. The minimum absolute atomic E-state index is 0.262. The first-order chi connectivity index (χ1) is 6.40. The van der Waals surface area contributed by atoms with Crippen molar-refractivity contribution in [3.8, 4) is 11.4 Å². The van der Waals surface area contributed by atoms with Crippen molar-refractivity contribution in [2.24, 2.45) is 5.73 Å². The molecule has 0 saturated heterocycles. The Labute approximate surface area is 74.6 Å². The lowest BCUT2D eigenvalue weighted by molar-refractivity contribution is 0.380. The van der Waals surface area contributed by atoms with E-state index in [0.29, 0.717) is 11.7 Å². The van der Waals surface area contributed by atoms with E-state index in [-0.39, 0.29) is 6.54 Å². The Bertz CT molecular complexity index is 384. The highest BCUT2D eigenvalue weighted by Crippen LogP contribution is 2.13. The predicted molar refractivity (Wildman–Crippen MR) is 45.4 cm³/mol. The lowest BCUT2D eigenvalue weighted by Crippen LogP contribution is -1.95. The van der Waals surface area contributed by atoms with E-state index in [2.05, 4.69) is 15.1 Å². The van der Waals surface area contributed by atoms with Gasteiger partial charge in [0.05, 0.1) is 6.54 Å². The van der Waals surface area contributed by atoms with Crippen LogP contribution in [0.1, 0.15) is 5.89 Å². The van der Waals surface area contributed by atoms with Gasteiger partial charge in [0, 0.05) is 18.0 Å². The normalized spacial score (nSPS) is 10.2. The third-order valence-corrected chi connectivity index (χ3v) is 1.58. The van der Waals surface area contributed by atoms with E-state index in [4.69, 9.17) is 10.3 Å². The van der Waals surface area contributed by atoms with Crippen molar-refractivity contribution in [1.82, 2.24) is 15.1 Å². The highest BCUT2D eigenvalue weighted by molar-refractivity contribution is 5.52. The van der Waals surface area contributed by atoms with Crippen molar-refractivity contribution in [3.63, 3.8) is 0 Å². The molecule has 0 fully saturated rings. The van der Waals surface area contributed by atoms with Crippen LogP contribution in [0.5, 0.6) is 0 Å². The fraction of sp³-hybridized carbons (Fsp3) is 0.125. The van der Waals surface area contributed by atoms with Crippen LogP contribution in [0.4, 0.5) is 0 Å². The molecule has 13 heavy (non-hydrogen) atoms. The summed E-state index contributed by atoms with van der Waals surface area (Å²) < 4.78 is 4.86. The molecule has 0 radical (unpaired) electrons. The quantitative estimate of drug-likeness (QED) is 0.724. The number of hydrogen-bond donors (Lipinski definition) is 1. The first-order valence-electron chi connectivity index (χ1n) is 3.83. The van der Waals surface area contributed by atoms with Crippen molar-refractivity contribution >= 4 is 0 Å². The summed E-state index contributed by atoms with van der Waals surface area (Å²) in [7, 11) is 0. The molecule has 2 rings (SSSR count). The fourth-order valence-electron chi connectivity index (χ4n) is 0.956. The number of nitrogens with zero attached hydrogens (tertiary/aromatic N) is 3. The van der Waals surface area contributed by atoms with Gasteiger partial charge in [-0.2, -0.15) is 4.98 Å². The third kappa shape index (κ3) is 1.54. The second-order valence-electron chi connectivity index (χ2n) is 2.45. The highest BCUT2D eigenvalue weighted by Gasteiger charge is 2.05. The average Bonchev–Trinajstić information content (AvgIpc) is 2.67. The van der Waals surface area contributed by atoms with Gasteiger partial charge < -0.3 is 10.3 Å². The summed E-state index contributed by atoms with van der Waals surface area (Å²) in [6.45, 7) is 0.262. The summed E-state index contributed by atoms with van der Waals surface area (Å²) >= 11 is 0. The van der Waals surface area contributed by atoms with E-state index in [1.807, 2.05) is 12.1 Å². The van der Waals surface area contributed by atoms with Gasteiger partial charge in [-0.1, -0.05) is 5.16 Å². The molecule has 0 unspecified atom stereocenters. The van der Waals surface area contributed by atoms with E-state index in [1.165, 1.54) is 0 Å². The number of nitrogens with two attached hydrogens (primary N) is 1. The molecule has 0 aromatic carbocycles. The monoisotopic (exact) mass is 176 g/mol. The zero-order valence-electron chi connectivity index (χ0n) is 6.84. The summed E-state index contributed by atoms with van der Waals surface area (Å²) in [6.07, 6.45) is 3.35. The molecule has 0 aliphatic heterocycles. The Balaban J connectivity index is 2.36. The summed E-state index contributed by atoms with van der Waals surface area (Å²) in [5.41, 5.74) is 6.21. The van der Waals surface area contributed by atoms with Gasteiger partial charge in [0.1, 0.15) is 0 Å². The maximum Gasteiger partial charge on any atom is 0.240 e. The maximum atomic E-state index is 5.33. The first kappa shape index (κ1) is 7.88. The number of aromatic nitrogens is 3. The predicted octanol–water partition coefficient (Wildman–Crippen LogP) is 0.590. The Morgan fingerprint density at radius 1 is 1.31 bits per heavy atom. The van der Waals surface area contributed by atoms with Crippen LogP contribution in [0.2, 0.25) is 0 Å². The molecular weight excluding hydrogens is 168 g/mol. The van der Waals surface area contributed by atoms with Crippen LogP contribution in [-0.4, -0.2) is 15.1 Å². The van der Waals surface area contributed by atoms with E-state index in [9.17, 15) is 0 Å². The zero-order chi connectivity index (χ0) is 9.10. The van der Waals surface area contributed by atoms with Crippen LogP contribution < -0.4 is 5.73 Å². The molecule has 0 amide bonds. The molecule has 5 heteroatoms. The lowest BCUT2D eigenvalue weighted by atomic mass is 10.2. The topological polar surface area (TPSA) is 77.8 Å². The van der Waals surface area contributed by atoms with E-state index < -0.39 is 0 Å². The van der Waals surface area contributed by atoms with Crippen molar-refractivity contribution < 1.29 is 4.52 Å². The van der Waals surface area contributed by atoms with Gasteiger partial charge in [-0.25, -0.2) is 0 Å². The SMILES string of the molecule is NCc1nc(-c2ccncc2)no1. The minimum atomic E-state index is 0.262. The van der Waals surface area contributed by atoms with Crippen molar-refractivity contribution in [1.29, 1.82) is 0 Å². The number of rotatable bonds is 2. The van der Waals surface area contributed by atoms with E-state index in [1.54, 1.807) is 12.4 Å². The molecule has 0 aliphatic carbocycles. The maximum absolute atomic E-state index is 5.33. The summed E-state index contributed by atoms with van der Waals surface area (Å²) in [5.74, 6) is 0.981. The molecule has 0 spiro atoms. The summed E-state index contributed by atoms with van der Waals surface area (Å²) in [5, 5.41) is 3.76. The molecule has 5 nitrogen and oxygen atoms in total. The van der Waals surface area contributed by atoms with Gasteiger partial charge in [0.2, 0.25) is 11.7 Å². The van der Waals surface area contributed by atoms with Gasteiger partial charge in [-0.05, 0) is 12.1 Å². The van der Waals surface area contributed by atoms with Crippen LogP contribution in [0, 0.1) is 0 Å². The average molecular weight is 176 g/mol. The second-order valence-corrected chi connectivity index (χ2v) is 2.45. The van der Waals surface area contributed by atoms with Crippen molar-refractivity contribution in [2.45, 2.75) is 6.54 Å². The van der Waals surface area contributed by atoms with Crippen LogP contribution in [-0.2, 0) is 6.54 Å². The van der Waals surface area contributed by atoms with Crippen LogP contribution in [0.15, 0.2) is 29.0 Å². The van der Waals surface area contributed by atoms with Crippen LogP contribution >= 0.6 is 0 Å². The summed E-state index contributed by atoms with van der Waals surface area (Å²) in [6, 6.07) is 3.62. The number of pyridine rings is 1. The largest absolute Gasteiger partial charge is 0.338 e. The lowest BCUT2D eigenvalue weighted by Gasteiger charge is -1.89. The standard InChI is InChI=1S/C8H8N4O/c9-5-7-11-8(12-13-7)6-1-3-10-4-2-6/h1-4H,5,9H2. The first-order valence-corrected chi connectivity index (χ1v) is 3.83. The summed E-state index contributed by atoms with van der Waals surface area (Å²) in [4.78, 5) is 7.96. The molecule has 2 aromatic rings. The van der Waals surface area contributed by atoms with Crippen molar-refractivity contribution in [2.75, 3.05) is 0 Å². The van der Waals surface area contributed by atoms with Crippen LogP contribution in [0.3, 0.4) is 0 Å². The Morgan fingerprint density at radius 3 is 2.69 bits per heavy atom. The van der Waals surface area contributed by atoms with Gasteiger partial charge >= 0.3 is 0 Å². The van der Waals surface area contributed by atoms with Crippen molar-refractivity contribution in [3.05, 3.63) is 30.4 Å². The molecule has 2 heterocycles. The van der Waals surface area contributed by atoms with Gasteiger partial charge in [0.25, 0.3) is 0 Å². The molecule has 66 valence electrons. The Kier molecular flexibility index (Phi) is 2.01. The molecule has 2 N–H and O–H groups in total. The molecule has 0 aliphatic rings. The van der Waals surface area contributed by atoms with Gasteiger partial charge in [-0.15, -0.1) is 0 Å². The van der Waals surface area contributed by atoms with E-state index >= 15 is 0 Å². The Hall–Kier alpha value is -1.75. The Morgan fingerprint density at radius 2 is 2.08 bits per heavy atom. The number of hydrogen-bond acceptors (Lipinski definition) is 5. The molecule has 2 aromatic heterocycles. The molecule has 0 atom stereocenters. The molecule has 0 bridgehead atoms. The van der Waals surface area contributed by atoms with Crippen LogP contribution in [0.25, 0.3) is 11.4 Å². The molecule has 0 saturated carbocycles. The van der Waals surface area contributed by atoms with Gasteiger partial charge in [-0.3, -0.25) is 4.98 Å². The fourth-order valence-corrected chi connectivity index (χ4v) is 0.956.